The first-order valence-electron chi connectivity index (χ1n) is 4.91. The van der Waals surface area contributed by atoms with Crippen LogP contribution >= 0.6 is 24.4 Å². The molecule has 2 N–H and O–H groups in total. The highest BCUT2D eigenvalue weighted by molar-refractivity contribution is 8.00. The van der Waals surface area contributed by atoms with Gasteiger partial charge in [0.15, 0.2) is 0 Å². The zero-order valence-corrected chi connectivity index (χ0v) is 10.6. The number of amides is 1. The van der Waals surface area contributed by atoms with E-state index in [-0.39, 0.29) is 29.1 Å². The summed E-state index contributed by atoms with van der Waals surface area (Å²) in [6.45, 7) is 0.298. The van der Waals surface area contributed by atoms with Crippen LogP contribution in [0.1, 0.15) is 6.42 Å². The third kappa shape index (κ3) is 4.12. The second-order valence-corrected chi connectivity index (χ2v) is 5.43. The average Bonchev–Trinajstić information content (AvgIpc) is 2.51. The van der Waals surface area contributed by atoms with Crippen molar-refractivity contribution in [1.29, 1.82) is 0 Å². The second-order valence-electron chi connectivity index (χ2n) is 3.67. The average molecular weight is 279 g/mol. The molecule has 0 aromatic carbocycles. The summed E-state index contributed by atoms with van der Waals surface area (Å²) in [7, 11) is 0. The Hall–Kier alpha value is -0.890. The van der Waals surface area contributed by atoms with Crippen LogP contribution in [0.2, 0.25) is 0 Å². The molecule has 1 unspecified atom stereocenters. The number of thioether (sulfide) groups is 1. The fourth-order valence-corrected chi connectivity index (χ4v) is 2.74. The monoisotopic (exact) mass is 279 g/mol. The highest BCUT2D eigenvalue weighted by atomic mass is 32.2. The molecule has 0 bridgehead atoms. The van der Waals surface area contributed by atoms with E-state index in [1.807, 2.05) is 0 Å². The van der Waals surface area contributed by atoms with Gasteiger partial charge in [0.25, 0.3) is 0 Å². The Kier molecular flexibility index (Phi) is 5.13. The molecule has 1 fully saturated rings. The molecule has 0 aliphatic carbocycles. The Morgan fingerprint density at radius 1 is 1.53 bits per heavy atom. The van der Waals surface area contributed by atoms with E-state index < -0.39 is 18.0 Å². The molecule has 0 aromatic heterocycles. The van der Waals surface area contributed by atoms with Crippen molar-refractivity contribution in [1.82, 2.24) is 4.90 Å². The van der Waals surface area contributed by atoms with Gasteiger partial charge in [-0.2, -0.15) is 12.6 Å². The van der Waals surface area contributed by atoms with E-state index >= 15 is 0 Å². The van der Waals surface area contributed by atoms with Gasteiger partial charge in [-0.1, -0.05) is 0 Å². The van der Waals surface area contributed by atoms with E-state index in [4.69, 9.17) is 10.2 Å². The standard InChI is InChI=1S/C9H13NO5S2/c11-7-1-5(16)2-10(7)6(9(14)15)3-17-4-8(12)13/h5-6,16H,1-4H2,(H,12,13)(H,14,15)/t5?,6-/m0/s1. The lowest BCUT2D eigenvalue weighted by Crippen LogP contribution is -2.44. The molecule has 0 spiro atoms. The number of carbonyl (C=O) groups excluding carboxylic acids is 1. The van der Waals surface area contributed by atoms with E-state index in [0.717, 1.165) is 11.8 Å². The number of likely N-dealkylation sites (tertiary alicyclic amines) is 1. The molecule has 1 amide bonds. The normalized spacial score (nSPS) is 21.6. The number of hydrogen-bond donors (Lipinski definition) is 3. The largest absolute Gasteiger partial charge is 0.481 e. The minimum atomic E-state index is -1.11. The summed E-state index contributed by atoms with van der Waals surface area (Å²) in [5.74, 6) is -2.45. The maximum atomic E-state index is 11.5. The van der Waals surface area contributed by atoms with E-state index in [2.05, 4.69) is 12.6 Å². The molecular formula is C9H13NO5S2. The predicted molar refractivity (Wildman–Crippen MR) is 65.5 cm³/mol. The lowest BCUT2D eigenvalue weighted by Gasteiger charge is -2.23. The summed E-state index contributed by atoms with van der Waals surface area (Å²) in [6, 6.07) is -0.969. The van der Waals surface area contributed by atoms with E-state index in [1.54, 1.807) is 0 Å². The Labute approximate surface area is 108 Å². The van der Waals surface area contributed by atoms with Crippen LogP contribution in [0, 0.1) is 0 Å². The molecule has 96 valence electrons. The maximum absolute atomic E-state index is 11.5. The van der Waals surface area contributed by atoms with Crippen LogP contribution in [0.3, 0.4) is 0 Å². The van der Waals surface area contributed by atoms with Crippen molar-refractivity contribution in [2.24, 2.45) is 0 Å². The molecule has 1 aliphatic heterocycles. The second kappa shape index (κ2) is 6.15. The van der Waals surface area contributed by atoms with Gasteiger partial charge in [0.05, 0.1) is 5.75 Å². The van der Waals surface area contributed by atoms with Crippen molar-refractivity contribution >= 4 is 42.2 Å². The first-order chi connectivity index (χ1) is 7.91. The van der Waals surface area contributed by atoms with Crippen LogP contribution in [0.15, 0.2) is 0 Å². The fraction of sp³-hybridized carbons (Fsp3) is 0.667. The number of aliphatic carboxylic acids is 2. The van der Waals surface area contributed by atoms with Crippen molar-refractivity contribution in [3.8, 4) is 0 Å². The quantitative estimate of drug-likeness (QED) is 0.582. The SMILES string of the molecule is O=C(O)CSC[C@@H](C(=O)O)N1CC(S)CC1=O. The molecule has 8 heteroatoms. The molecule has 17 heavy (non-hydrogen) atoms. The lowest BCUT2D eigenvalue weighted by atomic mass is 10.3. The molecule has 6 nitrogen and oxygen atoms in total. The van der Waals surface area contributed by atoms with Crippen LogP contribution in [-0.4, -0.2) is 62.3 Å². The van der Waals surface area contributed by atoms with Gasteiger partial charge < -0.3 is 15.1 Å². The van der Waals surface area contributed by atoms with Gasteiger partial charge in [0.1, 0.15) is 6.04 Å². The topological polar surface area (TPSA) is 94.9 Å². The molecule has 0 aromatic rings. The summed E-state index contributed by atoms with van der Waals surface area (Å²) in [6.07, 6.45) is 0.233. The van der Waals surface area contributed by atoms with Gasteiger partial charge in [-0.3, -0.25) is 9.59 Å². The Bertz CT molecular complexity index is 335. The van der Waals surface area contributed by atoms with Gasteiger partial charge in [0.2, 0.25) is 5.91 Å². The summed E-state index contributed by atoms with van der Waals surface area (Å²) < 4.78 is 0. The van der Waals surface area contributed by atoms with Crippen molar-refractivity contribution in [2.75, 3.05) is 18.1 Å². The highest BCUT2D eigenvalue weighted by Crippen LogP contribution is 2.20. The van der Waals surface area contributed by atoms with E-state index in [0.29, 0.717) is 6.54 Å². The Morgan fingerprint density at radius 3 is 2.59 bits per heavy atom. The first-order valence-corrected chi connectivity index (χ1v) is 6.58. The summed E-state index contributed by atoms with van der Waals surface area (Å²) in [5, 5.41) is 17.3. The minimum Gasteiger partial charge on any atom is -0.481 e. The summed E-state index contributed by atoms with van der Waals surface area (Å²) in [4.78, 5) is 34.1. The van der Waals surface area contributed by atoms with Crippen LogP contribution < -0.4 is 0 Å². The van der Waals surface area contributed by atoms with Crippen LogP contribution in [0.25, 0.3) is 0 Å². The highest BCUT2D eigenvalue weighted by Gasteiger charge is 2.36. The number of thiol groups is 1. The summed E-state index contributed by atoms with van der Waals surface area (Å²) >= 11 is 5.13. The number of carbonyl (C=O) groups is 3. The third-order valence-corrected chi connectivity index (χ3v) is 3.65. The van der Waals surface area contributed by atoms with Gasteiger partial charge >= 0.3 is 11.9 Å². The smallest absolute Gasteiger partial charge is 0.327 e. The van der Waals surface area contributed by atoms with Gasteiger partial charge in [0, 0.05) is 24.0 Å². The van der Waals surface area contributed by atoms with E-state index in [9.17, 15) is 14.4 Å². The molecule has 0 radical (unpaired) electrons. The van der Waals surface area contributed by atoms with Crippen molar-refractivity contribution in [3.63, 3.8) is 0 Å². The fourth-order valence-electron chi connectivity index (χ4n) is 1.57. The van der Waals surface area contributed by atoms with Gasteiger partial charge in [-0.25, -0.2) is 4.79 Å². The molecule has 2 atom stereocenters. The van der Waals surface area contributed by atoms with Crippen LogP contribution in [0.4, 0.5) is 0 Å². The van der Waals surface area contributed by atoms with E-state index in [1.165, 1.54) is 4.90 Å². The molecule has 1 aliphatic rings. The van der Waals surface area contributed by atoms with Gasteiger partial charge in [-0.15, -0.1) is 11.8 Å². The van der Waals surface area contributed by atoms with Crippen LogP contribution in [0.5, 0.6) is 0 Å². The zero-order chi connectivity index (χ0) is 13.0. The minimum absolute atomic E-state index is 0.0773. The molecule has 1 heterocycles. The molecular weight excluding hydrogens is 266 g/mol. The number of nitrogens with zero attached hydrogens (tertiary/aromatic N) is 1. The molecule has 1 rings (SSSR count). The van der Waals surface area contributed by atoms with Crippen molar-refractivity contribution in [2.45, 2.75) is 17.7 Å². The van der Waals surface area contributed by atoms with Crippen molar-refractivity contribution < 1.29 is 24.6 Å². The van der Waals surface area contributed by atoms with Crippen molar-refractivity contribution in [3.05, 3.63) is 0 Å². The lowest BCUT2D eigenvalue weighted by molar-refractivity contribution is -0.147. The number of hydrogen-bond acceptors (Lipinski definition) is 5. The summed E-state index contributed by atoms with van der Waals surface area (Å²) in [5.41, 5.74) is 0. The molecule has 0 saturated carbocycles. The number of rotatable bonds is 6. The zero-order valence-electron chi connectivity index (χ0n) is 8.90. The first kappa shape index (κ1) is 14.2. The maximum Gasteiger partial charge on any atom is 0.327 e. The van der Waals surface area contributed by atoms with Gasteiger partial charge in [-0.05, 0) is 0 Å². The third-order valence-electron chi connectivity index (χ3n) is 2.30. The van der Waals surface area contributed by atoms with Crippen LogP contribution in [-0.2, 0) is 14.4 Å². The molecule has 1 saturated heterocycles. The Balaban J connectivity index is 2.57. The predicted octanol–water partition coefficient (Wildman–Crippen LogP) is -0.212. The number of carboxylic acid groups (broad SMARTS) is 2. The Morgan fingerprint density at radius 2 is 2.18 bits per heavy atom. The number of carboxylic acids is 2.